The highest BCUT2D eigenvalue weighted by atomic mass is 127. The van der Waals surface area contributed by atoms with Crippen molar-refractivity contribution in [2.24, 2.45) is 16.1 Å². The molecule has 2 rings (SSSR count). The molecule has 0 aliphatic heterocycles. The van der Waals surface area contributed by atoms with Gasteiger partial charge in [0.15, 0.2) is 5.96 Å². The standard InChI is InChI=1S/C12H20F3N3.HI/c13-12(14,15)11(6-7-11)8-17-10(16)18-9-4-2-1-3-5-9;/h9H,1-8H2,(H3,16,17,18);1H. The molecular formula is C12H21F3IN3. The molecule has 0 amide bonds. The van der Waals surface area contributed by atoms with Crippen molar-refractivity contribution in [3.63, 3.8) is 0 Å². The van der Waals surface area contributed by atoms with Gasteiger partial charge in [-0.25, -0.2) is 0 Å². The summed E-state index contributed by atoms with van der Waals surface area (Å²) in [7, 11) is 0. The van der Waals surface area contributed by atoms with E-state index in [9.17, 15) is 13.2 Å². The Bertz CT molecular complexity index is 321. The molecule has 2 saturated carbocycles. The van der Waals surface area contributed by atoms with E-state index in [1.807, 2.05) is 0 Å². The molecule has 2 aliphatic rings. The fourth-order valence-electron chi connectivity index (χ4n) is 2.42. The van der Waals surface area contributed by atoms with Crippen LogP contribution in [0.15, 0.2) is 4.99 Å². The summed E-state index contributed by atoms with van der Waals surface area (Å²) in [6.07, 6.45) is 1.79. The van der Waals surface area contributed by atoms with Crippen molar-refractivity contribution in [2.75, 3.05) is 6.54 Å². The number of guanidine groups is 1. The monoisotopic (exact) mass is 391 g/mol. The van der Waals surface area contributed by atoms with Gasteiger partial charge in [0.25, 0.3) is 0 Å². The van der Waals surface area contributed by atoms with E-state index in [4.69, 9.17) is 5.73 Å². The first-order chi connectivity index (χ1) is 8.43. The number of hydrogen-bond donors (Lipinski definition) is 2. The fourth-order valence-corrected chi connectivity index (χ4v) is 2.42. The van der Waals surface area contributed by atoms with Crippen molar-refractivity contribution in [1.82, 2.24) is 5.32 Å². The smallest absolute Gasteiger partial charge is 0.370 e. The highest BCUT2D eigenvalue weighted by Gasteiger charge is 2.63. The maximum absolute atomic E-state index is 12.7. The molecule has 2 aliphatic carbocycles. The van der Waals surface area contributed by atoms with Gasteiger partial charge in [0.1, 0.15) is 0 Å². The normalized spacial score (nSPS) is 23.6. The molecule has 0 aromatic rings. The molecule has 0 unspecified atom stereocenters. The zero-order valence-corrected chi connectivity index (χ0v) is 13.1. The molecule has 112 valence electrons. The predicted octanol–water partition coefficient (Wildman–Crippen LogP) is 3.18. The third kappa shape index (κ3) is 4.39. The molecule has 0 radical (unpaired) electrons. The van der Waals surface area contributed by atoms with Crippen molar-refractivity contribution in [3.05, 3.63) is 0 Å². The fraction of sp³-hybridized carbons (Fsp3) is 0.917. The average Bonchev–Trinajstić information content (AvgIpc) is 3.08. The maximum atomic E-state index is 12.7. The van der Waals surface area contributed by atoms with Crippen LogP contribution in [0, 0.1) is 5.41 Å². The molecule has 0 heterocycles. The summed E-state index contributed by atoms with van der Waals surface area (Å²) in [6, 6.07) is 0.281. The molecule has 0 saturated heterocycles. The lowest BCUT2D eigenvalue weighted by atomic mass is 9.96. The van der Waals surface area contributed by atoms with E-state index in [-0.39, 0.29) is 55.4 Å². The number of nitrogens with two attached hydrogens (primary N) is 1. The van der Waals surface area contributed by atoms with Gasteiger partial charge in [-0.1, -0.05) is 19.3 Å². The van der Waals surface area contributed by atoms with Crippen LogP contribution in [0.1, 0.15) is 44.9 Å². The third-order valence-electron chi connectivity index (χ3n) is 3.96. The average molecular weight is 391 g/mol. The van der Waals surface area contributed by atoms with E-state index in [2.05, 4.69) is 10.3 Å². The molecule has 0 atom stereocenters. The quantitative estimate of drug-likeness (QED) is 0.441. The van der Waals surface area contributed by atoms with Crippen molar-refractivity contribution >= 4 is 29.9 Å². The Balaban J connectivity index is 0.00000180. The summed E-state index contributed by atoms with van der Waals surface area (Å²) in [5.41, 5.74) is 4.06. The third-order valence-corrected chi connectivity index (χ3v) is 3.96. The lowest BCUT2D eigenvalue weighted by Gasteiger charge is -2.23. The Morgan fingerprint density at radius 1 is 1.21 bits per heavy atom. The second kappa shape index (κ2) is 6.49. The summed E-state index contributed by atoms with van der Waals surface area (Å²) >= 11 is 0. The van der Waals surface area contributed by atoms with E-state index < -0.39 is 11.6 Å². The van der Waals surface area contributed by atoms with E-state index >= 15 is 0 Å². The Kier molecular flexibility index (Phi) is 5.76. The number of nitrogens with zero attached hydrogens (tertiary/aromatic N) is 1. The molecule has 0 bridgehead atoms. The van der Waals surface area contributed by atoms with Crippen LogP contribution in [0.2, 0.25) is 0 Å². The lowest BCUT2D eigenvalue weighted by Crippen LogP contribution is -2.41. The van der Waals surface area contributed by atoms with Crippen LogP contribution < -0.4 is 11.1 Å². The molecule has 19 heavy (non-hydrogen) atoms. The Morgan fingerprint density at radius 3 is 2.26 bits per heavy atom. The Hall–Kier alpha value is -0.210. The SMILES string of the molecule is I.NC(=NCC1(C(F)(F)F)CC1)NC1CCCCC1. The van der Waals surface area contributed by atoms with Gasteiger partial charge in [-0.15, -0.1) is 24.0 Å². The van der Waals surface area contributed by atoms with Gasteiger partial charge in [0.2, 0.25) is 0 Å². The molecule has 2 fully saturated rings. The second-order valence-corrected chi connectivity index (χ2v) is 5.46. The maximum Gasteiger partial charge on any atom is 0.396 e. The number of halogens is 4. The number of hydrogen-bond acceptors (Lipinski definition) is 1. The zero-order valence-electron chi connectivity index (χ0n) is 10.8. The van der Waals surface area contributed by atoms with Crippen molar-refractivity contribution in [2.45, 2.75) is 57.2 Å². The van der Waals surface area contributed by atoms with Crippen LogP contribution in [0.3, 0.4) is 0 Å². The Labute approximate surface area is 128 Å². The largest absolute Gasteiger partial charge is 0.396 e. The van der Waals surface area contributed by atoms with Gasteiger partial charge in [0, 0.05) is 6.04 Å². The molecule has 7 heteroatoms. The van der Waals surface area contributed by atoms with Gasteiger partial charge in [-0.2, -0.15) is 13.2 Å². The number of alkyl halides is 3. The minimum absolute atomic E-state index is 0. The molecule has 0 aromatic carbocycles. The first-order valence-corrected chi connectivity index (χ1v) is 6.56. The molecule has 0 spiro atoms. The van der Waals surface area contributed by atoms with E-state index in [0.29, 0.717) is 0 Å². The molecule has 0 aromatic heterocycles. The molecular weight excluding hydrogens is 370 g/mol. The minimum Gasteiger partial charge on any atom is -0.370 e. The van der Waals surface area contributed by atoms with Crippen LogP contribution in [-0.2, 0) is 0 Å². The number of nitrogens with one attached hydrogen (secondary N) is 1. The first kappa shape index (κ1) is 16.8. The molecule has 3 N–H and O–H groups in total. The van der Waals surface area contributed by atoms with Crippen LogP contribution in [-0.4, -0.2) is 24.7 Å². The van der Waals surface area contributed by atoms with Gasteiger partial charge >= 0.3 is 6.18 Å². The number of rotatable bonds is 3. The van der Waals surface area contributed by atoms with Crippen LogP contribution in [0.5, 0.6) is 0 Å². The summed E-state index contributed by atoms with van der Waals surface area (Å²) in [5, 5.41) is 3.03. The summed E-state index contributed by atoms with van der Waals surface area (Å²) in [4.78, 5) is 3.88. The van der Waals surface area contributed by atoms with E-state index in [0.717, 1.165) is 25.7 Å². The summed E-state index contributed by atoms with van der Waals surface area (Å²) in [5.74, 6) is 0.164. The molecule has 3 nitrogen and oxygen atoms in total. The van der Waals surface area contributed by atoms with Crippen LogP contribution in [0.4, 0.5) is 13.2 Å². The highest BCUT2D eigenvalue weighted by molar-refractivity contribution is 14.0. The van der Waals surface area contributed by atoms with Crippen molar-refractivity contribution in [1.29, 1.82) is 0 Å². The van der Waals surface area contributed by atoms with Gasteiger partial charge in [-0.3, -0.25) is 4.99 Å². The van der Waals surface area contributed by atoms with Gasteiger partial charge in [0.05, 0.1) is 12.0 Å². The number of aliphatic imine (C=N–C) groups is 1. The first-order valence-electron chi connectivity index (χ1n) is 6.56. The van der Waals surface area contributed by atoms with Crippen molar-refractivity contribution < 1.29 is 13.2 Å². The lowest BCUT2D eigenvalue weighted by molar-refractivity contribution is -0.183. The van der Waals surface area contributed by atoms with Gasteiger partial charge < -0.3 is 11.1 Å². The predicted molar refractivity (Wildman–Crippen MR) is 79.6 cm³/mol. The van der Waals surface area contributed by atoms with Crippen LogP contribution >= 0.6 is 24.0 Å². The summed E-state index contributed by atoms with van der Waals surface area (Å²) < 4.78 is 38.0. The minimum atomic E-state index is -4.15. The topological polar surface area (TPSA) is 50.4 Å². The zero-order chi connectivity index (χ0) is 13.2. The van der Waals surface area contributed by atoms with Gasteiger partial charge in [-0.05, 0) is 25.7 Å². The highest BCUT2D eigenvalue weighted by Crippen LogP contribution is 2.57. The van der Waals surface area contributed by atoms with E-state index in [1.165, 1.54) is 6.42 Å². The second-order valence-electron chi connectivity index (χ2n) is 5.46. The van der Waals surface area contributed by atoms with Crippen LogP contribution in [0.25, 0.3) is 0 Å². The summed E-state index contributed by atoms with van der Waals surface area (Å²) in [6.45, 7) is -0.234. The van der Waals surface area contributed by atoms with E-state index in [1.54, 1.807) is 0 Å². The Morgan fingerprint density at radius 2 is 1.79 bits per heavy atom. The van der Waals surface area contributed by atoms with Crippen molar-refractivity contribution in [3.8, 4) is 0 Å².